The van der Waals surface area contributed by atoms with Gasteiger partial charge in [-0.05, 0) is 37.1 Å². The maximum Gasteiger partial charge on any atom is 0.271 e. The number of benzene rings is 1. The van der Waals surface area contributed by atoms with E-state index in [1.54, 1.807) is 17.7 Å². The monoisotopic (exact) mass is 356 g/mol. The van der Waals surface area contributed by atoms with E-state index in [2.05, 4.69) is 10.3 Å². The molecule has 1 aromatic carbocycles. The Morgan fingerprint density at radius 1 is 1.24 bits per heavy atom. The number of nitrogens with one attached hydrogen (secondary N) is 1. The number of rotatable bonds is 7. The highest BCUT2D eigenvalue weighted by molar-refractivity contribution is 7.13. The van der Waals surface area contributed by atoms with Gasteiger partial charge in [0.2, 0.25) is 0 Å². The van der Waals surface area contributed by atoms with Gasteiger partial charge in [0.1, 0.15) is 5.69 Å². The Hall–Kier alpha value is -2.44. The summed E-state index contributed by atoms with van der Waals surface area (Å²) in [5.41, 5.74) is 2.55. The van der Waals surface area contributed by atoms with E-state index < -0.39 is 0 Å². The molecule has 3 rings (SSSR count). The van der Waals surface area contributed by atoms with Crippen molar-refractivity contribution >= 4 is 17.2 Å². The van der Waals surface area contributed by atoms with Crippen molar-refractivity contribution in [1.82, 2.24) is 10.3 Å². The first-order valence-electron chi connectivity index (χ1n) is 8.09. The normalized spacial score (nSPS) is 11.0. The highest BCUT2D eigenvalue weighted by atomic mass is 32.1. The number of hydrogen-bond donors (Lipinski definition) is 1. The predicted octanol–water partition coefficient (Wildman–Crippen LogP) is 4.26. The highest BCUT2D eigenvalue weighted by Crippen LogP contribution is 2.23. The average molecular weight is 356 g/mol. The van der Waals surface area contributed by atoms with E-state index in [0.717, 1.165) is 11.1 Å². The zero-order chi connectivity index (χ0) is 17.6. The lowest BCUT2D eigenvalue weighted by atomic mass is 10.1. The molecule has 0 radical (unpaired) electrons. The number of thiazole rings is 1. The predicted molar refractivity (Wildman–Crippen MR) is 97.4 cm³/mol. The zero-order valence-corrected chi connectivity index (χ0v) is 15.0. The summed E-state index contributed by atoms with van der Waals surface area (Å²) in [5.74, 6) is 0.476. The third-order valence-electron chi connectivity index (χ3n) is 3.53. The van der Waals surface area contributed by atoms with E-state index in [1.807, 2.05) is 44.2 Å². The van der Waals surface area contributed by atoms with Crippen molar-refractivity contribution in [3.05, 3.63) is 64.9 Å². The molecule has 0 saturated heterocycles. The second-order valence-corrected chi connectivity index (χ2v) is 6.73. The number of hydrogen-bond acceptors (Lipinski definition) is 5. The standard InChI is InChI=1S/C19H20N2O3S/c1-13(2)24-11-15-7-5-14(6-8-15)10-20-18(22)16-12-25-19(21-16)17-4-3-9-23-17/h3-9,12-13H,10-11H2,1-2H3,(H,20,22). The summed E-state index contributed by atoms with van der Waals surface area (Å²) >= 11 is 1.39. The molecule has 3 aromatic rings. The summed E-state index contributed by atoms with van der Waals surface area (Å²) in [7, 11) is 0. The Morgan fingerprint density at radius 2 is 2.00 bits per heavy atom. The van der Waals surface area contributed by atoms with Crippen LogP contribution >= 0.6 is 11.3 Å². The number of carbonyl (C=O) groups excluding carboxylic acids is 1. The molecule has 0 spiro atoms. The van der Waals surface area contributed by atoms with E-state index >= 15 is 0 Å². The lowest BCUT2D eigenvalue weighted by molar-refractivity contribution is 0.0657. The van der Waals surface area contributed by atoms with Crippen molar-refractivity contribution in [3.63, 3.8) is 0 Å². The van der Waals surface area contributed by atoms with Crippen LogP contribution in [-0.4, -0.2) is 17.0 Å². The number of ether oxygens (including phenoxy) is 1. The third kappa shape index (κ3) is 4.78. The van der Waals surface area contributed by atoms with Gasteiger partial charge in [0.05, 0.1) is 19.0 Å². The summed E-state index contributed by atoms with van der Waals surface area (Å²) in [5, 5.41) is 5.32. The molecule has 0 fully saturated rings. The van der Waals surface area contributed by atoms with E-state index in [4.69, 9.17) is 9.15 Å². The smallest absolute Gasteiger partial charge is 0.271 e. The number of aromatic nitrogens is 1. The van der Waals surface area contributed by atoms with E-state index in [0.29, 0.717) is 29.6 Å². The minimum Gasteiger partial charge on any atom is -0.462 e. The molecule has 25 heavy (non-hydrogen) atoms. The Balaban J connectivity index is 1.53. The largest absolute Gasteiger partial charge is 0.462 e. The molecule has 0 aliphatic carbocycles. The molecule has 0 unspecified atom stereocenters. The van der Waals surface area contributed by atoms with Crippen molar-refractivity contribution in [2.75, 3.05) is 0 Å². The number of amides is 1. The van der Waals surface area contributed by atoms with Crippen molar-refractivity contribution < 1.29 is 13.9 Å². The minimum atomic E-state index is -0.193. The molecule has 0 bridgehead atoms. The van der Waals surface area contributed by atoms with Gasteiger partial charge in [-0.3, -0.25) is 4.79 Å². The topological polar surface area (TPSA) is 64.4 Å². The summed E-state index contributed by atoms with van der Waals surface area (Å²) in [6, 6.07) is 11.6. The minimum absolute atomic E-state index is 0.193. The molecule has 0 saturated carbocycles. The van der Waals surface area contributed by atoms with Crippen molar-refractivity contribution in [3.8, 4) is 10.8 Å². The van der Waals surface area contributed by atoms with Crippen LogP contribution in [0.5, 0.6) is 0 Å². The van der Waals surface area contributed by atoms with Crippen molar-refractivity contribution in [2.24, 2.45) is 0 Å². The van der Waals surface area contributed by atoms with Gasteiger partial charge in [0.25, 0.3) is 5.91 Å². The summed E-state index contributed by atoms with van der Waals surface area (Å²) in [6.45, 7) is 5.08. The Labute approximate surface area is 150 Å². The second kappa shape index (κ2) is 8.09. The molecular weight excluding hydrogens is 336 g/mol. The van der Waals surface area contributed by atoms with Crippen LogP contribution in [0.3, 0.4) is 0 Å². The van der Waals surface area contributed by atoms with Crippen LogP contribution in [-0.2, 0) is 17.9 Å². The van der Waals surface area contributed by atoms with Gasteiger partial charge in [0, 0.05) is 11.9 Å². The zero-order valence-electron chi connectivity index (χ0n) is 14.2. The van der Waals surface area contributed by atoms with Gasteiger partial charge >= 0.3 is 0 Å². The summed E-state index contributed by atoms with van der Waals surface area (Å²) in [4.78, 5) is 16.5. The van der Waals surface area contributed by atoms with Crippen LogP contribution in [0.1, 0.15) is 35.5 Å². The van der Waals surface area contributed by atoms with Gasteiger partial charge in [0.15, 0.2) is 10.8 Å². The van der Waals surface area contributed by atoms with Gasteiger partial charge in [-0.25, -0.2) is 4.98 Å². The molecule has 2 aromatic heterocycles. The number of carbonyl (C=O) groups is 1. The molecule has 0 aliphatic rings. The van der Waals surface area contributed by atoms with Gasteiger partial charge in [-0.1, -0.05) is 24.3 Å². The Kier molecular flexibility index (Phi) is 5.63. The highest BCUT2D eigenvalue weighted by Gasteiger charge is 2.13. The van der Waals surface area contributed by atoms with E-state index in [9.17, 15) is 4.79 Å². The molecule has 2 heterocycles. The van der Waals surface area contributed by atoms with Crippen molar-refractivity contribution in [2.45, 2.75) is 33.1 Å². The lowest BCUT2D eigenvalue weighted by Gasteiger charge is -2.08. The van der Waals surface area contributed by atoms with E-state index in [-0.39, 0.29) is 12.0 Å². The van der Waals surface area contributed by atoms with Gasteiger partial charge < -0.3 is 14.5 Å². The second-order valence-electron chi connectivity index (χ2n) is 5.87. The maximum absolute atomic E-state index is 12.2. The fourth-order valence-corrected chi connectivity index (χ4v) is 2.95. The van der Waals surface area contributed by atoms with Crippen LogP contribution in [0.2, 0.25) is 0 Å². The van der Waals surface area contributed by atoms with Crippen LogP contribution in [0, 0.1) is 0 Å². The number of nitrogens with zero attached hydrogens (tertiary/aromatic N) is 1. The first-order valence-corrected chi connectivity index (χ1v) is 8.97. The molecule has 0 atom stereocenters. The van der Waals surface area contributed by atoms with Crippen LogP contribution < -0.4 is 5.32 Å². The van der Waals surface area contributed by atoms with E-state index in [1.165, 1.54) is 11.3 Å². The van der Waals surface area contributed by atoms with Crippen molar-refractivity contribution in [1.29, 1.82) is 0 Å². The van der Waals surface area contributed by atoms with Crippen LogP contribution in [0.15, 0.2) is 52.5 Å². The summed E-state index contributed by atoms with van der Waals surface area (Å²) in [6.07, 6.45) is 1.80. The first-order chi connectivity index (χ1) is 12.1. The molecular formula is C19H20N2O3S. The lowest BCUT2D eigenvalue weighted by Crippen LogP contribution is -2.23. The first kappa shape index (κ1) is 17.4. The van der Waals surface area contributed by atoms with Gasteiger partial charge in [-0.15, -0.1) is 11.3 Å². The fourth-order valence-electron chi connectivity index (χ4n) is 2.18. The van der Waals surface area contributed by atoms with Crippen LogP contribution in [0.25, 0.3) is 10.8 Å². The number of furan rings is 1. The molecule has 1 N–H and O–H groups in total. The molecule has 0 aliphatic heterocycles. The quantitative estimate of drug-likeness (QED) is 0.687. The Bertz CT molecular complexity index is 808. The SMILES string of the molecule is CC(C)OCc1ccc(CNC(=O)c2csc(-c3ccco3)n2)cc1. The molecule has 130 valence electrons. The fraction of sp³-hybridized carbons (Fsp3) is 0.263. The average Bonchev–Trinajstić information content (AvgIpc) is 3.29. The molecule has 5 nitrogen and oxygen atoms in total. The Morgan fingerprint density at radius 3 is 2.68 bits per heavy atom. The molecule has 6 heteroatoms. The maximum atomic E-state index is 12.2. The molecule has 1 amide bonds. The third-order valence-corrected chi connectivity index (χ3v) is 4.39. The van der Waals surface area contributed by atoms with Crippen LogP contribution in [0.4, 0.5) is 0 Å². The summed E-state index contributed by atoms with van der Waals surface area (Å²) < 4.78 is 10.9. The van der Waals surface area contributed by atoms with Gasteiger partial charge in [-0.2, -0.15) is 0 Å².